The molecule has 0 aliphatic carbocycles. The molecular weight excluding hydrogens is 434 g/mol. The fourth-order valence-electron chi connectivity index (χ4n) is 2.60. The average Bonchev–Trinajstić information content (AvgIpc) is 2.96. The summed E-state index contributed by atoms with van der Waals surface area (Å²) in [5.74, 6) is 0. The standard InChI is InChI=1S/C14H17Br2N3O2S/c1-2-7-19(14(9-17)5-6-18-10-14)22(20,21)13-8-11(15)3-4-12(13)16/h3-4,8,18H,2,5-7,10H2,1H3/t14-/m0/s1. The number of benzene rings is 1. The van der Waals surface area contributed by atoms with Gasteiger partial charge in [0.15, 0.2) is 0 Å². The summed E-state index contributed by atoms with van der Waals surface area (Å²) in [6.07, 6.45) is 1.14. The summed E-state index contributed by atoms with van der Waals surface area (Å²) in [5.41, 5.74) is -1.02. The Hall–Kier alpha value is -0.460. The van der Waals surface area contributed by atoms with Crippen LogP contribution < -0.4 is 5.32 Å². The van der Waals surface area contributed by atoms with E-state index < -0.39 is 15.6 Å². The van der Waals surface area contributed by atoms with Gasteiger partial charge >= 0.3 is 0 Å². The van der Waals surface area contributed by atoms with Gasteiger partial charge in [-0.2, -0.15) is 9.57 Å². The Labute approximate surface area is 148 Å². The minimum absolute atomic E-state index is 0.178. The molecule has 22 heavy (non-hydrogen) atoms. The fourth-order valence-corrected chi connectivity index (χ4v) is 5.88. The molecule has 0 aromatic heterocycles. The molecule has 1 saturated heterocycles. The Bertz CT molecular complexity index is 695. The lowest BCUT2D eigenvalue weighted by Crippen LogP contribution is -2.52. The van der Waals surface area contributed by atoms with Crippen molar-refractivity contribution in [3.05, 3.63) is 27.1 Å². The van der Waals surface area contributed by atoms with Gasteiger partial charge in [0.2, 0.25) is 10.0 Å². The normalized spacial score (nSPS) is 22.0. The van der Waals surface area contributed by atoms with E-state index in [0.29, 0.717) is 41.4 Å². The zero-order valence-corrected chi connectivity index (χ0v) is 16.1. The summed E-state index contributed by atoms with van der Waals surface area (Å²) < 4.78 is 28.8. The number of nitrogens with one attached hydrogen (secondary N) is 1. The molecule has 1 N–H and O–H groups in total. The minimum Gasteiger partial charge on any atom is -0.314 e. The molecule has 0 amide bonds. The predicted molar refractivity (Wildman–Crippen MR) is 91.9 cm³/mol. The third kappa shape index (κ3) is 3.24. The van der Waals surface area contributed by atoms with E-state index in [0.717, 1.165) is 0 Å². The molecule has 1 aromatic carbocycles. The van der Waals surface area contributed by atoms with Crippen LogP contribution in [0, 0.1) is 11.3 Å². The van der Waals surface area contributed by atoms with Crippen LogP contribution in [0.1, 0.15) is 19.8 Å². The molecule has 1 aromatic rings. The van der Waals surface area contributed by atoms with Crippen LogP contribution in [0.5, 0.6) is 0 Å². The van der Waals surface area contributed by atoms with E-state index in [2.05, 4.69) is 43.2 Å². The van der Waals surface area contributed by atoms with Gasteiger partial charge < -0.3 is 5.32 Å². The van der Waals surface area contributed by atoms with E-state index in [-0.39, 0.29) is 4.90 Å². The van der Waals surface area contributed by atoms with E-state index in [4.69, 9.17) is 0 Å². The van der Waals surface area contributed by atoms with Crippen molar-refractivity contribution in [1.29, 1.82) is 5.26 Å². The Kier molecular flexibility index (Phi) is 5.67. The highest BCUT2D eigenvalue weighted by molar-refractivity contribution is 9.11. The lowest BCUT2D eigenvalue weighted by molar-refractivity contribution is 0.267. The third-order valence-electron chi connectivity index (χ3n) is 3.71. The summed E-state index contributed by atoms with van der Waals surface area (Å²) >= 11 is 6.62. The molecule has 1 aliphatic rings. The second kappa shape index (κ2) is 6.97. The zero-order valence-electron chi connectivity index (χ0n) is 12.1. The van der Waals surface area contributed by atoms with E-state index >= 15 is 0 Å². The van der Waals surface area contributed by atoms with Gasteiger partial charge in [-0.15, -0.1) is 0 Å². The van der Waals surface area contributed by atoms with Crippen molar-refractivity contribution in [3.8, 4) is 6.07 Å². The van der Waals surface area contributed by atoms with Gasteiger partial charge in [0.25, 0.3) is 0 Å². The maximum absolute atomic E-state index is 13.1. The Balaban J connectivity index is 2.56. The van der Waals surface area contributed by atoms with Crippen molar-refractivity contribution in [2.75, 3.05) is 19.6 Å². The van der Waals surface area contributed by atoms with Crippen LogP contribution >= 0.6 is 31.9 Å². The monoisotopic (exact) mass is 449 g/mol. The van der Waals surface area contributed by atoms with Crippen molar-refractivity contribution in [2.24, 2.45) is 0 Å². The molecule has 5 nitrogen and oxygen atoms in total. The van der Waals surface area contributed by atoms with Crippen LogP contribution in [0.4, 0.5) is 0 Å². The Morgan fingerprint density at radius 2 is 2.18 bits per heavy atom. The second-order valence-corrected chi connectivity index (χ2v) is 8.82. The summed E-state index contributed by atoms with van der Waals surface area (Å²) in [6.45, 7) is 3.22. The van der Waals surface area contributed by atoms with Crippen molar-refractivity contribution in [2.45, 2.75) is 30.2 Å². The molecule has 120 valence electrons. The highest BCUT2D eigenvalue weighted by Crippen LogP contribution is 2.34. The van der Waals surface area contributed by atoms with Gasteiger partial charge in [-0.25, -0.2) is 8.42 Å². The van der Waals surface area contributed by atoms with Crippen LogP contribution in [0.3, 0.4) is 0 Å². The van der Waals surface area contributed by atoms with Crippen molar-refractivity contribution in [3.63, 3.8) is 0 Å². The summed E-state index contributed by atoms with van der Waals surface area (Å²) in [7, 11) is -3.78. The second-order valence-electron chi connectivity index (χ2n) is 5.22. The summed E-state index contributed by atoms with van der Waals surface area (Å²) in [6, 6.07) is 7.25. The molecule has 0 radical (unpaired) electrons. The van der Waals surface area contributed by atoms with E-state index in [1.165, 1.54) is 4.31 Å². The van der Waals surface area contributed by atoms with Crippen LogP contribution in [-0.2, 0) is 10.0 Å². The molecule has 2 rings (SSSR count). The maximum Gasteiger partial charge on any atom is 0.245 e. The molecule has 8 heteroatoms. The molecule has 1 atom stereocenters. The first-order valence-corrected chi connectivity index (χ1v) is 10.00. The van der Waals surface area contributed by atoms with Gasteiger partial charge in [-0.1, -0.05) is 22.9 Å². The molecule has 0 bridgehead atoms. The van der Waals surface area contributed by atoms with Crippen LogP contribution in [0.25, 0.3) is 0 Å². The first-order chi connectivity index (χ1) is 10.4. The highest BCUT2D eigenvalue weighted by atomic mass is 79.9. The van der Waals surface area contributed by atoms with Gasteiger partial charge in [0, 0.05) is 22.0 Å². The highest BCUT2D eigenvalue weighted by Gasteiger charge is 2.46. The van der Waals surface area contributed by atoms with Crippen molar-refractivity contribution < 1.29 is 8.42 Å². The Morgan fingerprint density at radius 3 is 2.73 bits per heavy atom. The first-order valence-electron chi connectivity index (χ1n) is 6.97. The molecule has 1 heterocycles. The number of rotatable bonds is 5. The molecule has 0 unspecified atom stereocenters. The lowest BCUT2D eigenvalue weighted by atomic mass is 10.0. The largest absolute Gasteiger partial charge is 0.314 e. The predicted octanol–water partition coefficient (Wildman–Crippen LogP) is 2.87. The number of sulfonamides is 1. The van der Waals surface area contributed by atoms with Gasteiger partial charge in [0.1, 0.15) is 5.54 Å². The van der Waals surface area contributed by atoms with Crippen molar-refractivity contribution >= 4 is 41.9 Å². The van der Waals surface area contributed by atoms with Crippen LogP contribution in [-0.4, -0.2) is 37.9 Å². The van der Waals surface area contributed by atoms with Gasteiger partial charge in [-0.05, 0) is 53.5 Å². The van der Waals surface area contributed by atoms with E-state index in [1.54, 1.807) is 18.2 Å². The SMILES string of the molecule is CCCN([C@]1(C#N)CCNC1)S(=O)(=O)c1cc(Br)ccc1Br. The average molecular weight is 451 g/mol. The smallest absolute Gasteiger partial charge is 0.245 e. The topological polar surface area (TPSA) is 73.2 Å². The fraction of sp³-hybridized carbons (Fsp3) is 0.500. The third-order valence-corrected chi connectivity index (χ3v) is 7.16. The lowest BCUT2D eigenvalue weighted by Gasteiger charge is -2.34. The number of hydrogen-bond acceptors (Lipinski definition) is 4. The number of nitrogens with zero attached hydrogens (tertiary/aromatic N) is 2. The van der Waals surface area contributed by atoms with Gasteiger partial charge in [0.05, 0.1) is 11.0 Å². The number of nitriles is 1. The maximum atomic E-state index is 13.1. The first kappa shape index (κ1) is 17.9. The molecular formula is C14H17Br2N3O2S. The van der Waals surface area contributed by atoms with E-state index in [1.807, 2.05) is 6.92 Å². The summed E-state index contributed by atoms with van der Waals surface area (Å²) in [5, 5.41) is 12.7. The molecule has 0 spiro atoms. The summed E-state index contributed by atoms with van der Waals surface area (Å²) in [4.78, 5) is 0.178. The minimum atomic E-state index is -3.78. The van der Waals surface area contributed by atoms with E-state index in [9.17, 15) is 13.7 Å². The van der Waals surface area contributed by atoms with Crippen LogP contribution in [0.15, 0.2) is 32.0 Å². The molecule has 0 saturated carbocycles. The van der Waals surface area contributed by atoms with Crippen LogP contribution in [0.2, 0.25) is 0 Å². The van der Waals surface area contributed by atoms with Gasteiger partial charge in [-0.3, -0.25) is 0 Å². The zero-order chi connectivity index (χ0) is 16.4. The Morgan fingerprint density at radius 1 is 1.45 bits per heavy atom. The number of hydrogen-bond donors (Lipinski definition) is 1. The number of halogens is 2. The quantitative estimate of drug-likeness (QED) is 0.748. The molecule has 1 fully saturated rings. The molecule has 1 aliphatic heterocycles. The van der Waals surface area contributed by atoms with Crippen molar-refractivity contribution in [1.82, 2.24) is 9.62 Å².